The van der Waals surface area contributed by atoms with Crippen LogP contribution in [-0.4, -0.2) is 71.1 Å². The van der Waals surface area contributed by atoms with Gasteiger partial charge in [0.25, 0.3) is 0 Å². The molecule has 0 atom stereocenters. The van der Waals surface area contributed by atoms with Gasteiger partial charge in [-0.1, -0.05) is 44.2 Å². The lowest BCUT2D eigenvalue weighted by atomic mass is 10.0. The summed E-state index contributed by atoms with van der Waals surface area (Å²) < 4.78 is 14.9. The van der Waals surface area contributed by atoms with Crippen LogP contribution in [0.25, 0.3) is 11.3 Å². The van der Waals surface area contributed by atoms with E-state index in [0.717, 1.165) is 5.56 Å². The quantitative estimate of drug-likeness (QED) is 0.167. The highest BCUT2D eigenvalue weighted by Gasteiger charge is 2.30. The van der Waals surface area contributed by atoms with Gasteiger partial charge in [-0.05, 0) is 48.7 Å². The normalized spacial score (nSPS) is 13.9. The molecule has 3 heterocycles. The molecule has 0 radical (unpaired) electrons. The van der Waals surface area contributed by atoms with Gasteiger partial charge in [-0.15, -0.1) is 0 Å². The molecule has 0 saturated carbocycles. The monoisotopic (exact) mass is 562 g/mol. The summed E-state index contributed by atoms with van der Waals surface area (Å²) in [6.07, 6.45) is 3.70. The van der Waals surface area contributed by atoms with Crippen molar-refractivity contribution in [3.8, 4) is 11.3 Å². The molecule has 1 saturated heterocycles. The molecule has 1 aliphatic heterocycles. The number of anilines is 2. The van der Waals surface area contributed by atoms with Crippen molar-refractivity contribution >= 4 is 41.3 Å². The van der Waals surface area contributed by atoms with Crippen LogP contribution < -0.4 is 4.90 Å². The number of hydrogen-bond acceptors (Lipinski definition) is 5. The zero-order chi connectivity index (χ0) is 29.0. The number of benzene rings is 1. The number of carbonyl (C=O) groups is 2. The first-order valence-corrected chi connectivity index (χ1v) is 13.4. The number of hydrogen-bond donors (Lipinski definition) is 0. The summed E-state index contributed by atoms with van der Waals surface area (Å²) in [5.74, 6) is 0.195. The van der Waals surface area contributed by atoms with Gasteiger partial charge >= 0.3 is 0 Å². The molecule has 1 aliphatic rings. The summed E-state index contributed by atoms with van der Waals surface area (Å²) >= 11 is 6.75. The number of amides is 2. The van der Waals surface area contributed by atoms with Crippen LogP contribution in [0.3, 0.4) is 0 Å². The Labute approximate surface area is 238 Å². The van der Waals surface area contributed by atoms with E-state index >= 15 is 0 Å². The number of rotatable bonds is 7. The van der Waals surface area contributed by atoms with Gasteiger partial charge in [-0.2, -0.15) is 0 Å². The number of aryl methyl sites for hydroxylation is 1. The van der Waals surface area contributed by atoms with E-state index in [-0.39, 0.29) is 33.9 Å². The maximum Gasteiger partial charge on any atom is 0.246 e. The molecule has 8 nitrogen and oxygen atoms in total. The fourth-order valence-electron chi connectivity index (χ4n) is 4.89. The predicted molar refractivity (Wildman–Crippen MR) is 157 cm³/mol. The SMILES string of the molecule is C=CC(=O)N1CCN(/C(=N/C)c2cc(Cl)c(-c3ccccc3F)nc2N(C=O)c2c(C)ccnc2C(C)C)CC1. The Balaban J connectivity index is 1.92. The first-order chi connectivity index (χ1) is 19.2. The van der Waals surface area contributed by atoms with Crippen LogP contribution in [0.4, 0.5) is 15.9 Å². The minimum absolute atomic E-state index is 0.00826. The van der Waals surface area contributed by atoms with E-state index in [0.29, 0.717) is 55.4 Å². The smallest absolute Gasteiger partial charge is 0.246 e. The zero-order valence-corrected chi connectivity index (χ0v) is 23.8. The Morgan fingerprint density at radius 2 is 1.85 bits per heavy atom. The third-order valence-electron chi connectivity index (χ3n) is 6.88. The predicted octanol–water partition coefficient (Wildman–Crippen LogP) is 5.37. The van der Waals surface area contributed by atoms with Crippen molar-refractivity contribution in [2.45, 2.75) is 26.7 Å². The lowest BCUT2D eigenvalue weighted by Gasteiger charge is -2.37. The van der Waals surface area contributed by atoms with Gasteiger partial charge in [0.15, 0.2) is 5.82 Å². The van der Waals surface area contributed by atoms with E-state index in [4.69, 9.17) is 16.6 Å². The van der Waals surface area contributed by atoms with Gasteiger partial charge < -0.3 is 9.80 Å². The number of amidine groups is 1. The Kier molecular flexibility index (Phi) is 8.94. The van der Waals surface area contributed by atoms with Crippen LogP contribution in [0.5, 0.6) is 0 Å². The number of pyridine rings is 2. The number of carbonyl (C=O) groups excluding carboxylic acids is 2. The average Bonchev–Trinajstić information content (AvgIpc) is 2.95. The highest BCUT2D eigenvalue weighted by Crippen LogP contribution is 2.38. The number of halogens is 2. The van der Waals surface area contributed by atoms with Crippen LogP contribution in [0.2, 0.25) is 5.02 Å². The second kappa shape index (κ2) is 12.4. The molecule has 40 heavy (non-hydrogen) atoms. The first kappa shape index (κ1) is 28.9. The van der Waals surface area contributed by atoms with Crippen molar-refractivity contribution in [3.05, 3.63) is 82.9 Å². The molecule has 4 rings (SSSR count). The van der Waals surface area contributed by atoms with E-state index in [1.165, 1.54) is 17.0 Å². The van der Waals surface area contributed by atoms with Crippen LogP contribution in [0.1, 0.15) is 36.6 Å². The van der Waals surface area contributed by atoms with Crippen molar-refractivity contribution in [3.63, 3.8) is 0 Å². The molecule has 3 aromatic rings. The lowest BCUT2D eigenvalue weighted by molar-refractivity contribution is -0.127. The van der Waals surface area contributed by atoms with Crippen molar-refractivity contribution in [1.29, 1.82) is 0 Å². The summed E-state index contributed by atoms with van der Waals surface area (Å²) in [5.41, 5.74) is 3.06. The minimum atomic E-state index is -0.485. The Morgan fingerprint density at radius 1 is 1.18 bits per heavy atom. The number of nitrogens with zero attached hydrogens (tertiary/aromatic N) is 6. The maximum absolute atomic E-state index is 14.9. The molecule has 0 aliphatic carbocycles. The molecular formula is C30H32ClFN6O2. The number of piperazine rings is 1. The van der Waals surface area contributed by atoms with Crippen molar-refractivity contribution in [2.75, 3.05) is 38.1 Å². The molecule has 1 fully saturated rings. The molecule has 0 N–H and O–H groups in total. The second-order valence-electron chi connectivity index (χ2n) is 9.73. The molecule has 208 valence electrons. The second-order valence-corrected chi connectivity index (χ2v) is 10.1. The van der Waals surface area contributed by atoms with Gasteiger partial charge in [-0.25, -0.2) is 9.37 Å². The van der Waals surface area contributed by atoms with Crippen LogP contribution in [0.15, 0.2) is 60.2 Å². The molecule has 2 amide bonds. The molecule has 0 bridgehead atoms. The van der Waals surface area contributed by atoms with E-state index in [1.54, 1.807) is 42.4 Å². The number of aromatic nitrogens is 2. The maximum atomic E-state index is 14.9. The minimum Gasteiger partial charge on any atom is -0.353 e. The number of aliphatic imine (C=N–C) groups is 1. The van der Waals surface area contributed by atoms with Crippen LogP contribution >= 0.6 is 11.6 Å². The molecule has 0 unspecified atom stereocenters. The van der Waals surface area contributed by atoms with Crippen molar-refractivity contribution in [1.82, 2.24) is 19.8 Å². The average molecular weight is 563 g/mol. The Morgan fingerprint density at radius 3 is 2.45 bits per heavy atom. The third-order valence-corrected chi connectivity index (χ3v) is 7.17. The Bertz CT molecular complexity index is 1470. The van der Waals surface area contributed by atoms with E-state index in [2.05, 4.69) is 16.6 Å². The molecule has 2 aromatic heterocycles. The largest absolute Gasteiger partial charge is 0.353 e. The fraction of sp³-hybridized carbons (Fsp3) is 0.300. The van der Waals surface area contributed by atoms with E-state index in [9.17, 15) is 14.0 Å². The van der Waals surface area contributed by atoms with Gasteiger partial charge in [0.05, 0.1) is 27.7 Å². The summed E-state index contributed by atoms with van der Waals surface area (Å²) in [6.45, 7) is 11.4. The van der Waals surface area contributed by atoms with Gasteiger partial charge in [-0.3, -0.25) is 24.5 Å². The standard InChI is InChI=1S/C30H32ClFN6O2/c1-6-25(40)36-13-15-37(16-14-36)29(33-5)22-17-23(31)27(21-9-7-8-10-24(21)32)35-30(22)38(18-39)28-20(4)11-12-34-26(28)19(2)3/h6-12,17-19H,1,13-16H2,2-5H3/b33-29+. The molecule has 0 spiro atoms. The summed E-state index contributed by atoms with van der Waals surface area (Å²) in [5, 5.41) is 0.211. The highest BCUT2D eigenvalue weighted by atomic mass is 35.5. The van der Waals surface area contributed by atoms with Gasteiger partial charge in [0.1, 0.15) is 11.7 Å². The summed E-state index contributed by atoms with van der Waals surface area (Å²) in [7, 11) is 1.65. The van der Waals surface area contributed by atoms with E-state index < -0.39 is 5.82 Å². The van der Waals surface area contributed by atoms with Crippen molar-refractivity contribution in [2.24, 2.45) is 4.99 Å². The molecule has 1 aromatic carbocycles. The third kappa shape index (κ3) is 5.60. The van der Waals surface area contributed by atoms with Gasteiger partial charge in [0.2, 0.25) is 12.3 Å². The fourth-order valence-corrected chi connectivity index (χ4v) is 5.14. The topological polar surface area (TPSA) is 82.0 Å². The first-order valence-electron chi connectivity index (χ1n) is 13.0. The highest BCUT2D eigenvalue weighted by molar-refractivity contribution is 6.33. The Hall–Kier alpha value is -4.11. The van der Waals surface area contributed by atoms with E-state index in [1.807, 2.05) is 31.7 Å². The summed E-state index contributed by atoms with van der Waals surface area (Å²) in [6, 6.07) is 9.72. The molecule has 10 heteroatoms. The zero-order valence-electron chi connectivity index (χ0n) is 23.1. The van der Waals surface area contributed by atoms with Crippen LogP contribution in [-0.2, 0) is 9.59 Å². The van der Waals surface area contributed by atoms with Gasteiger partial charge in [0, 0.05) is 45.0 Å². The van der Waals surface area contributed by atoms with Crippen molar-refractivity contribution < 1.29 is 14.0 Å². The lowest BCUT2D eigenvalue weighted by Crippen LogP contribution is -2.50. The summed E-state index contributed by atoms with van der Waals surface area (Å²) in [4.78, 5) is 44.1. The molecular weight excluding hydrogens is 531 g/mol. The van der Waals surface area contributed by atoms with Crippen LogP contribution in [0, 0.1) is 12.7 Å².